The first-order valence-corrected chi connectivity index (χ1v) is 11.7. The molecule has 8 nitrogen and oxygen atoms in total. The molecule has 35 heavy (non-hydrogen) atoms. The Hall–Kier alpha value is -3.91. The van der Waals surface area contributed by atoms with Gasteiger partial charge in [0, 0.05) is 34.3 Å². The van der Waals surface area contributed by atoms with Crippen molar-refractivity contribution < 1.29 is 23.8 Å². The molecule has 2 bridgehead atoms. The van der Waals surface area contributed by atoms with E-state index in [1.165, 1.54) is 0 Å². The van der Waals surface area contributed by atoms with Crippen LogP contribution in [0.25, 0.3) is 0 Å². The number of anilines is 2. The molecule has 1 fully saturated rings. The van der Waals surface area contributed by atoms with Crippen LogP contribution >= 0.6 is 11.6 Å². The average molecular weight is 492 g/mol. The van der Waals surface area contributed by atoms with Gasteiger partial charge in [-0.3, -0.25) is 9.69 Å². The Balaban J connectivity index is 1.27. The lowest BCUT2D eigenvalue weighted by Gasteiger charge is -2.50. The summed E-state index contributed by atoms with van der Waals surface area (Å²) in [4.78, 5) is 27.8. The van der Waals surface area contributed by atoms with Crippen molar-refractivity contribution in [2.24, 2.45) is 0 Å². The normalized spacial score (nSPS) is 21.9. The highest BCUT2D eigenvalue weighted by atomic mass is 35.5. The van der Waals surface area contributed by atoms with E-state index in [9.17, 15) is 9.59 Å². The Morgan fingerprint density at radius 2 is 1.86 bits per heavy atom. The maximum absolute atomic E-state index is 13.2. The van der Waals surface area contributed by atoms with E-state index in [0.717, 1.165) is 5.56 Å². The van der Waals surface area contributed by atoms with E-state index in [4.69, 9.17) is 25.8 Å². The first kappa shape index (κ1) is 21.6. The number of rotatable bonds is 3. The number of nitrogens with zero attached hydrogens (tertiary/aromatic N) is 1. The lowest BCUT2D eigenvalue weighted by atomic mass is 9.90. The fraction of sp³-hybridized carbons (Fsp3) is 0.231. The lowest BCUT2D eigenvalue weighted by molar-refractivity contribution is 0.0378. The van der Waals surface area contributed by atoms with Crippen molar-refractivity contribution in [1.29, 1.82) is 0 Å². The van der Waals surface area contributed by atoms with E-state index in [-0.39, 0.29) is 18.0 Å². The van der Waals surface area contributed by atoms with Crippen molar-refractivity contribution in [3.8, 4) is 17.2 Å². The Morgan fingerprint density at radius 3 is 2.71 bits per heavy atom. The van der Waals surface area contributed by atoms with Crippen molar-refractivity contribution in [1.82, 2.24) is 5.32 Å². The van der Waals surface area contributed by atoms with Gasteiger partial charge in [-0.1, -0.05) is 17.7 Å². The molecule has 6 rings (SSSR count). The molecule has 178 valence electrons. The average Bonchev–Trinajstić information content (AvgIpc) is 2.84. The molecule has 1 saturated heterocycles. The van der Waals surface area contributed by atoms with E-state index in [1.807, 2.05) is 19.1 Å². The molecule has 0 aliphatic carbocycles. The summed E-state index contributed by atoms with van der Waals surface area (Å²) in [6.45, 7) is 2.83. The molecule has 3 amide bonds. The van der Waals surface area contributed by atoms with Gasteiger partial charge in [-0.05, 0) is 55.5 Å². The van der Waals surface area contributed by atoms with E-state index in [1.54, 1.807) is 53.4 Å². The summed E-state index contributed by atoms with van der Waals surface area (Å²) in [6.07, 6.45) is 0.527. The van der Waals surface area contributed by atoms with E-state index in [0.29, 0.717) is 58.8 Å². The molecule has 0 aromatic heterocycles. The number of amides is 3. The van der Waals surface area contributed by atoms with Crippen LogP contribution in [0.15, 0.2) is 60.7 Å². The van der Waals surface area contributed by atoms with Gasteiger partial charge in [0.25, 0.3) is 5.91 Å². The first-order chi connectivity index (χ1) is 16.9. The van der Waals surface area contributed by atoms with Crippen molar-refractivity contribution in [3.05, 3.63) is 76.8 Å². The third-order valence-corrected chi connectivity index (χ3v) is 6.64. The summed E-state index contributed by atoms with van der Waals surface area (Å²) in [5.41, 5.74) is 1.46. The minimum absolute atomic E-state index is 0.215. The molecule has 0 radical (unpaired) electrons. The topological polar surface area (TPSA) is 89.1 Å². The smallest absolute Gasteiger partial charge is 0.325 e. The molecule has 3 aromatic carbocycles. The molecule has 9 heteroatoms. The molecule has 0 saturated carbocycles. The summed E-state index contributed by atoms with van der Waals surface area (Å²) in [6, 6.07) is 17.0. The fourth-order valence-electron chi connectivity index (χ4n) is 4.85. The molecule has 3 aromatic rings. The molecule has 0 unspecified atom stereocenters. The number of ether oxygens (including phenoxy) is 3. The predicted octanol–water partition coefficient (Wildman–Crippen LogP) is 5.13. The standard InChI is InChI=1S/C26H22ClN3O5/c1-26-14-20(19-12-16(27)5-7-21(19)35-26)29-25(32)30(26)18-4-2-3-15(11-18)24(31)28-17-6-8-22-23(13-17)34-10-9-33-22/h2-8,11-13,20H,9-10,14H2,1H3,(H,28,31)(H,29,32)/t20-,26-/m1/s1. The maximum Gasteiger partial charge on any atom is 0.325 e. The molecule has 2 N–H and O–H groups in total. The van der Waals surface area contributed by atoms with Crippen LogP contribution in [0.3, 0.4) is 0 Å². The molecule has 3 aliphatic rings. The quantitative estimate of drug-likeness (QED) is 0.530. The zero-order chi connectivity index (χ0) is 24.2. The fourth-order valence-corrected chi connectivity index (χ4v) is 5.03. The van der Waals surface area contributed by atoms with Gasteiger partial charge in [-0.15, -0.1) is 0 Å². The van der Waals surface area contributed by atoms with Gasteiger partial charge < -0.3 is 24.8 Å². The van der Waals surface area contributed by atoms with E-state index in [2.05, 4.69) is 10.6 Å². The number of nitrogens with one attached hydrogen (secondary N) is 2. The molecule has 3 aliphatic heterocycles. The SMILES string of the molecule is C[C@@]12C[C@@H](NC(=O)N1c1cccc(C(=O)Nc3ccc4c(c3)OCCO4)c1)c1cc(Cl)ccc1O2. The van der Waals surface area contributed by atoms with Crippen LogP contribution < -0.4 is 29.7 Å². The number of fused-ring (bicyclic) bond motifs is 5. The number of urea groups is 1. The minimum atomic E-state index is -0.932. The number of hydrogen-bond donors (Lipinski definition) is 2. The molecule has 3 heterocycles. The Labute approximate surface area is 206 Å². The number of carbonyl (C=O) groups is 2. The zero-order valence-electron chi connectivity index (χ0n) is 18.8. The van der Waals surface area contributed by atoms with Crippen LogP contribution in [0.2, 0.25) is 5.02 Å². The summed E-state index contributed by atoms with van der Waals surface area (Å²) in [5, 5.41) is 6.52. The zero-order valence-corrected chi connectivity index (χ0v) is 19.6. The van der Waals surface area contributed by atoms with Crippen molar-refractivity contribution in [2.75, 3.05) is 23.4 Å². The number of halogens is 1. The van der Waals surface area contributed by atoms with Gasteiger partial charge >= 0.3 is 6.03 Å². The van der Waals surface area contributed by atoms with Gasteiger partial charge in [-0.2, -0.15) is 0 Å². The summed E-state index contributed by atoms with van der Waals surface area (Å²) < 4.78 is 17.4. The summed E-state index contributed by atoms with van der Waals surface area (Å²) >= 11 is 6.16. The molecule has 0 spiro atoms. The Bertz CT molecular complexity index is 1360. The molecule has 2 atom stereocenters. The summed E-state index contributed by atoms with van der Waals surface area (Å²) in [5.74, 6) is 1.60. The van der Waals surface area contributed by atoms with Gasteiger partial charge in [0.15, 0.2) is 17.2 Å². The Morgan fingerprint density at radius 1 is 1.06 bits per heavy atom. The van der Waals surface area contributed by atoms with Crippen LogP contribution in [-0.2, 0) is 0 Å². The second-order valence-electron chi connectivity index (χ2n) is 8.86. The minimum Gasteiger partial charge on any atom is -0.486 e. The number of carbonyl (C=O) groups excluding carboxylic acids is 2. The van der Waals surface area contributed by atoms with Crippen LogP contribution in [-0.4, -0.2) is 30.9 Å². The van der Waals surface area contributed by atoms with Gasteiger partial charge in [0.2, 0.25) is 0 Å². The third kappa shape index (κ3) is 3.80. The van der Waals surface area contributed by atoms with E-state index >= 15 is 0 Å². The van der Waals surface area contributed by atoms with Crippen LogP contribution in [0, 0.1) is 0 Å². The van der Waals surface area contributed by atoms with Gasteiger partial charge in [0.05, 0.1) is 11.7 Å². The van der Waals surface area contributed by atoms with Crippen molar-refractivity contribution in [2.45, 2.75) is 25.1 Å². The van der Waals surface area contributed by atoms with E-state index < -0.39 is 5.72 Å². The first-order valence-electron chi connectivity index (χ1n) is 11.3. The maximum atomic E-state index is 13.2. The molecular weight excluding hydrogens is 470 g/mol. The third-order valence-electron chi connectivity index (χ3n) is 6.40. The Kier molecular flexibility index (Phi) is 5.00. The van der Waals surface area contributed by atoms with Crippen molar-refractivity contribution >= 4 is 34.9 Å². The van der Waals surface area contributed by atoms with Crippen molar-refractivity contribution in [3.63, 3.8) is 0 Å². The van der Waals surface area contributed by atoms with Crippen LogP contribution in [0.5, 0.6) is 17.2 Å². The van der Waals surface area contributed by atoms with Crippen LogP contribution in [0.4, 0.5) is 16.2 Å². The monoisotopic (exact) mass is 491 g/mol. The second-order valence-corrected chi connectivity index (χ2v) is 9.30. The van der Waals surface area contributed by atoms with Crippen LogP contribution in [0.1, 0.15) is 35.3 Å². The summed E-state index contributed by atoms with van der Waals surface area (Å²) in [7, 11) is 0. The molecular formula is C26H22ClN3O5. The van der Waals surface area contributed by atoms with Gasteiger partial charge in [0.1, 0.15) is 19.0 Å². The predicted molar refractivity (Wildman–Crippen MR) is 131 cm³/mol. The highest BCUT2D eigenvalue weighted by molar-refractivity contribution is 6.30. The highest BCUT2D eigenvalue weighted by Crippen LogP contribution is 2.46. The van der Waals surface area contributed by atoms with Gasteiger partial charge in [-0.25, -0.2) is 4.79 Å². The number of hydrogen-bond acceptors (Lipinski definition) is 5. The second kappa shape index (κ2) is 8.09. The lowest BCUT2D eigenvalue weighted by Crippen LogP contribution is -2.65. The largest absolute Gasteiger partial charge is 0.486 e. The number of benzene rings is 3. The highest BCUT2D eigenvalue weighted by Gasteiger charge is 2.50.